The van der Waals surface area contributed by atoms with Gasteiger partial charge in [0.15, 0.2) is 6.10 Å². The van der Waals surface area contributed by atoms with Crippen molar-refractivity contribution in [1.82, 2.24) is 5.48 Å². The van der Waals surface area contributed by atoms with Gasteiger partial charge in [0.1, 0.15) is 11.9 Å². The third-order valence-corrected chi connectivity index (χ3v) is 5.03. The van der Waals surface area contributed by atoms with Gasteiger partial charge >= 0.3 is 6.09 Å². The van der Waals surface area contributed by atoms with Gasteiger partial charge < -0.3 is 14.6 Å². The van der Waals surface area contributed by atoms with E-state index < -0.39 is 24.2 Å². The number of halogens is 2. The van der Waals surface area contributed by atoms with Gasteiger partial charge in [0, 0.05) is 32.0 Å². The van der Waals surface area contributed by atoms with Crippen LogP contribution < -0.4 is 10.8 Å². The van der Waals surface area contributed by atoms with Gasteiger partial charge in [0.05, 0.1) is 0 Å². The molecule has 2 aromatic carbocycles. The summed E-state index contributed by atoms with van der Waals surface area (Å²) in [6.45, 7) is 1.98. The van der Waals surface area contributed by atoms with Crippen LogP contribution in [0.5, 0.6) is 5.75 Å². The number of ether oxygens (including phenoxy) is 2. The summed E-state index contributed by atoms with van der Waals surface area (Å²) in [6, 6.07) is 11.7. The summed E-state index contributed by atoms with van der Waals surface area (Å²) in [4.78, 5) is 24.0. The molecule has 0 aliphatic heterocycles. The molecule has 30 heavy (non-hydrogen) atoms. The van der Waals surface area contributed by atoms with Crippen LogP contribution in [0.3, 0.4) is 0 Å². The number of phenolic OH excluding ortho intramolecular Hbond substituents is 1. The van der Waals surface area contributed by atoms with Gasteiger partial charge in [-0.1, -0.05) is 15.9 Å². The van der Waals surface area contributed by atoms with Crippen molar-refractivity contribution in [3.05, 3.63) is 68.2 Å². The summed E-state index contributed by atoms with van der Waals surface area (Å²) in [5, 5.41) is 21.7. The number of benzene rings is 2. The lowest BCUT2D eigenvalue weighted by Crippen LogP contribution is -2.28. The molecule has 0 spiro atoms. The topological polar surface area (TPSA) is 117 Å². The average molecular weight is 591 g/mol. The molecular weight excluding hydrogens is 571 g/mol. The Morgan fingerprint density at radius 3 is 2.57 bits per heavy atom. The van der Waals surface area contributed by atoms with Crippen molar-refractivity contribution in [2.75, 3.05) is 11.9 Å². The van der Waals surface area contributed by atoms with Crippen molar-refractivity contribution in [2.45, 2.75) is 19.1 Å². The van der Waals surface area contributed by atoms with Crippen molar-refractivity contribution in [3.8, 4) is 5.75 Å². The number of carbonyl (C=O) groups is 2. The van der Waals surface area contributed by atoms with Crippen molar-refractivity contribution in [2.24, 2.45) is 0 Å². The standard InChI is InChI=1S/C20H20BrIN2O6/c1-2-29-17(9-10-18(26)24-28)19(15-11-13(22)5-8-16(15)25)30-20(27)23-14-6-3-12(21)4-7-14/h3-11,17,19,25,28H,2H2,1H3,(H,23,27)(H,24,26)/b10-9+/t17-,19-/m1/s1. The number of phenols is 1. The van der Waals surface area contributed by atoms with E-state index >= 15 is 0 Å². The molecule has 0 aliphatic rings. The molecule has 2 atom stereocenters. The smallest absolute Gasteiger partial charge is 0.412 e. The Morgan fingerprint density at radius 2 is 1.93 bits per heavy atom. The zero-order valence-electron chi connectivity index (χ0n) is 15.8. The zero-order valence-corrected chi connectivity index (χ0v) is 19.6. The number of nitrogens with one attached hydrogen (secondary N) is 2. The maximum atomic E-state index is 12.6. The molecule has 2 rings (SSSR count). The summed E-state index contributed by atoms with van der Waals surface area (Å²) in [6.07, 6.45) is -0.365. The fraction of sp³-hybridized carbons (Fsp3) is 0.200. The normalized spacial score (nSPS) is 12.9. The van der Waals surface area contributed by atoms with Crippen molar-refractivity contribution >= 4 is 56.2 Å². The second-order valence-corrected chi connectivity index (χ2v) is 8.08. The molecule has 8 nitrogen and oxygen atoms in total. The molecule has 0 radical (unpaired) electrons. The highest BCUT2D eigenvalue weighted by Gasteiger charge is 2.29. The highest BCUT2D eigenvalue weighted by atomic mass is 127. The second-order valence-electron chi connectivity index (χ2n) is 5.92. The molecule has 0 saturated carbocycles. The van der Waals surface area contributed by atoms with Gasteiger partial charge in [0.25, 0.3) is 5.91 Å². The SMILES string of the molecule is CCO[C@H](/C=C/C(=O)NO)[C@H](OC(=O)Nc1ccc(Br)cc1)c1cc(I)ccc1O. The van der Waals surface area contributed by atoms with Crippen LogP contribution in [-0.4, -0.2) is 35.0 Å². The molecule has 0 unspecified atom stereocenters. The first-order valence-electron chi connectivity index (χ1n) is 8.79. The van der Waals surface area contributed by atoms with E-state index in [0.29, 0.717) is 11.3 Å². The van der Waals surface area contributed by atoms with Gasteiger partial charge in [-0.2, -0.15) is 0 Å². The molecule has 0 aromatic heterocycles. The molecular formula is C20H20BrIN2O6. The molecule has 4 N–H and O–H groups in total. The molecule has 0 saturated heterocycles. The number of hydrogen-bond acceptors (Lipinski definition) is 6. The summed E-state index contributed by atoms with van der Waals surface area (Å²) < 4.78 is 12.9. The predicted molar refractivity (Wildman–Crippen MR) is 122 cm³/mol. The van der Waals surface area contributed by atoms with Crippen LogP contribution >= 0.6 is 38.5 Å². The number of carbonyl (C=O) groups excluding carboxylic acids is 2. The zero-order chi connectivity index (χ0) is 22.1. The predicted octanol–water partition coefficient (Wildman–Crippen LogP) is 4.52. The Bertz CT molecular complexity index is 907. The quantitative estimate of drug-likeness (QED) is 0.155. The van der Waals surface area contributed by atoms with E-state index in [0.717, 1.165) is 14.1 Å². The van der Waals surface area contributed by atoms with Crippen LogP contribution in [-0.2, 0) is 14.3 Å². The van der Waals surface area contributed by atoms with Crippen molar-refractivity contribution in [1.29, 1.82) is 0 Å². The average Bonchev–Trinajstić information content (AvgIpc) is 2.73. The van der Waals surface area contributed by atoms with Crippen LogP contribution in [0.1, 0.15) is 18.6 Å². The Labute approximate surface area is 195 Å². The number of hydroxylamine groups is 1. The molecule has 0 bridgehead atoms. The number of rotatable bonds is 8. The number of amides is 2. The van der Waals surface area contributed by atoms with E-state index in [-0.39, 0.29) is 12.4 Å². The first-order chi connectivity index (χ1) is 14.3. The Morgan fingerprint density at radius 1 is 1.23 bits per heavy atom. The Balaban J connectivity index is 2.34. The van der Waals surface area contributed by atoms with E-state index in [1.54, 1.807) is 43.3 Å². The molecule has 0 aliphatic carbocycles. The summed E-state index contributed by atoms with van der Waals surface area (Å²) in [7, 11) is 0. The second kappa shape index (κ2) is 11.9. The minimum absolute atomic E-state index is 0.0958. The van der Waals surface area contributed by atoms with Crippen LogP contribution in [0.4, 0.5) is 10.5 Å². The van der Waals surface area contributed by atoms with Crippen LogP contribution in [0, 0.1) is 3.57 Å². The van der Waals surface area contributed by atoms with E-state index in [2.05, 4.69) is 43.8 Å². The van der Waals surface area contributed by atoms with E-state index in [9.17, 15) is 14.7 Å². The maximum absolute atomic E-state index is 12.6. The summed E-state index contributed by atoms with van der Waals surface area (Å²) >= 11 is 5.39. The van der Waals surface area contributed by atoms with Gasteiger partial charge in [-0.3, -0.25) is 15.3 Å². The molecule has 160 valence electrons. The Hall–Kier alpha value is -2.15. The lowest BCUT2D eigenvalue weighted by Gasteiger charge is -2.26. The Kier molecular flexibility index (Phi) is 9.56. The fourth-order valence-electron chi connectivity index (χ4n) is 2.51. The van der Waals surface area contributed by atoms with E-state index in [4.69, 9.17) is 14.7 Å². The summed E-state index contributed by atoms with van der Waals surface area (Å²) in [5.41, 5.74) is 2.30. The van der Waals surface area contributed by atoms with E-state index in [1.165, 1.54) is 17.6 Å². The molecule has 2 aromatic rings. The molecule has 0 heterocycles. The third-order valence-electron chi connectivity index (χ3n) is 3.83. The van der Waals surface area contributed by atoms with Crippen molar-refractivity contribution < 1.29 is 29.4 Å². The number of hydrogen-bond donors (Lipinski definition) is 4. The number of aromatic hydroxyl groups is 1. The molecule has 2 amide bonds. The van der Waals surface area contributed by atoms with Crippen LogP contribution in [0.2, 0.25) is 0 Å². The third kappa shape index (κ3) is 7.27. The van der Waals surface area contributed by atoms with Crippen molar-refractivity contribution in [3.63, 3.8) is 0 Å². The minimum Gasteiger partial charge on any atom is -0.508 e. The first-order valence-corrected chi connectivity index (χ1v) is 10.7. The highest BCUT2D eigenvalue weighted by molar-refractivity contribution is 14.1. The fourth-order valence-corrected chi connectivity index (χ4v) is 3.29. The van der Waals surface area contributed by atoms with Gasteiger partial charge in [0.2, 0.25) is 0 Å². The lowest BCUT2D eigenvalue weighted by atomic mass is 10.0. The maximum Gasteiger partial charge on any atom is 0.412 e. The largest absolute Gasteiger partial charge is 0.508 e. The van der Waals surface area contributed by atoms with Gasteiger partial charge in [-0.05, 0) is 78.1 Å². The number of anilines is 1. The van der Waals surface area contributed by atoms with Crippen LogP contribution in [0.15, 0.2) is 59.1 Å². The van der Waals surface area contributed by atoms with Crippen LogP contribution in [0.25, 0.3) is 0 Å². The molecule has 10 heteroatoms. The van der Waals surface area contributed by atoms with E-state index in [1.807, 2.05) is 0 Å². The van der Waals surface area contributed by atoms with Gasteiger partial charge in [-0.15, -0.1) is 0 Å². The molecule has 0 fully saturated rings. The highest BCUT2D eigenvalue weighted by Crippen LogP contribution is 2.33. The lowest BCUT2D eigenvalue weighted by molar-refractivity contribution is -0.124. The first kappa shape index (κ1) is 24.1. The monoisotopic (exact) mass is 590 g/mol. The minimum atomic E-state index is -1.07. The summed E-state index contributed by atoms with van der Waals surface area (Å²) in [5.74, 6) is -0.869. The van der Waals surface area contributed by atoms with Gasteiger partial charge in [-0.25, -0.2) is 10.3 Å².